The van der Waals surface area contributed by atoms with Crippen molar-refractivity contribution >= 4 is 10.9 Å². The Balaban J connectivity index is 2.96. The molecule has 0 aromatic carbocycles. The second-order valence-electron chi connectivity index (χ2n) is 2.98. The second kappa shape index (κ2) is 2.96. The molecule has 0 aliphatic carbocycles. The molecule has 2 aromatic rings. The number of nitrogens with zero attached hydrogens (tertiary/aromatic N) is 2. The Bertz CT molecular complexity index is 592. The van der Waals surface area contributed by atoms with Crippen LogP contribution in [-0.2, 0) is 0 Å². The zero-order valence-corrected chi connectivity index (χ0v) is 7.53. The molecule has 4 heteroatoms. The highest BCUT2D eigenvalue weighted by Crippen LogP contribution is 2.12. The Morgan fingerprint density at radius 1 is 1.57 bits per heavy atom. The number of aromatic amines is 1. The average Bonchev–Trinajstić information content (AvgIpc) is 2.17. The van der Waals surface area contributed by atoms with E-state index < -0.39 is 0 Å². The van der Waals surface area contributed by atoms with Crippen LogP contribution >= 0.6 is 0 Å². The van der Waals surface area contributed by atoms with Crippen molar-refractivity contribution in [3.63, 3.8) is 0 Å². The summed E-state index contributed by atoms with van der Waals surface area (Å²) in [6.07, 6.45) is 1.62. The summed E-state index contributed by atoms with van der Waals surface area (Å²) in [5, 5.41) is 9.49. The average molecular weight is 185 g/mol. The summed E-state index contributed by atoms with van der Waals surface area (Å²) in [7, 11) is 0. The first-order chi connectivity index (χ1) is 6.72. The predicted molar refractivity (Wildman–Crippen MR) is 51.8 cm³/mol. The molecule has 14 heavy (non-hydrogen) atoms. The first-order valence-electron chi connectivity index (χ1n) is 4.11. The number of rotatable bonds is 0. The molecular weight excluding hydrogens is 178 g/mol. The van der Waals surface area contributed by atoms with Gasteiger partial charge in [-0.15, -0.1) is 0 Å². The molecule has 0 fully saturated rings. The second-order valence-corrected chi connectivity index (χ2v) is 2.98. The fourth-order valence-electron chi connectivity index (χ4n) is 1.35. The molecule has 2 heterocycles. The summed E-state index contributed by atoms with van der Waals surface area (Å²) < 4.78 is 0. The van der Waals surface area contributed by atoms with E-state index >= 15 is 0 Å². The lowest BCUT2D eigenvalue weighted by atomic mass is 10.1. The zero-order valence-electron chi connectivity index (χ0n) is 7.53. The number of aromatic nitrogens is 2. The van der Waals surface area contributed by atoms with Crippen molar-refractivity contribution in [1.29, 1.82) is 5.26 Å². The summed E-state index contributed by atoms with van der Waals surface area (Å²) in [5.41, 5.74) is 1.27. The van der Waals surface area contributed by atoms with Crippen molar-refractivity contribution in [2.75, 3.05) is 0 Å². The first kappa shape index (κ1) is 8.45. The third-order valence-electron chi connectivity index (χ3n) is 2.09. The Labute approximate surface area is 79.8 Å². The first-order valence-corrected chi connectivity index (χ1v) is 4.11. The van der Waals surface area contributed by atoms with Crippen molar-refractivity contribution in [2.45, 2.75) is 6.92 Å². The maximum atomic E-state index is 11.3. The van der Waals surface area contributed by atoms with E-state index in [0.29, 0.717) is 5.52 Å². The van der Waals surface area contributed by atoms with Gasteiger partial charge in [0.05, 0.1) is 5.52 Å². The Kier molecular flexibility index (Phi) is 1.79. The van der Waals surface area contributed by atoms with Gasteiger partial charge in [-0.1, -0.05) is 0 Å². The highest BCUT2D eigenvalue weighted by molar-refractivity contribution is 5.81. The number of hydrogen-bond acceptors (Lipinski definition) is 3. The lowest BCUT2D eigenvalue weighted by molar-refractivity contribution is 1.20. The van der Waals surface area contributed by atoms with Crippen LogP contribution in [0.25, 0.3) is 10.9 Å². The van der Waals surface area contributed by atoms with E-state index in [2.05, 4.69) is 9.97 Å². The van der Waals surface area contributed by atoms with Gasteiger partial charge in [-0.05, 0) is 19.1 Å². The molecule has 0 aliphatic rings. The summed E-state index contributed by atoms with van der Waals surface area (Å²) in [5.74, 6) is 0. The van der Waals surface area contributed by atoms with Crippen LogP contribution in [0.4, 0.5) is 0 Å². The van der Waals surface area contributed by atoms with Crippen LogP contribution in [-0.4, -0.2) is 9.97 Å². The molecule has 0 atom stereocenters. The van der Waals surface area contributed by atoms with Gasteiger partial charge in [0.1, 0.15) is 11.6 Å². The Hall–Kier alpha value is -2.15. The van der Waals surface area contributed by atoms with Crippen LogP contribution in [0.5, 0.6) is 0 Å². The van der Waals surface area contributed by atoms with Gasteiger partial charge in [0.25, 0.3) is 5.56 Å². The number of hydrogen-bond donors (Lipinski definition) is 1. The SMILES string of the molecule is Cc1nccc2[nH]c(=O)c(C#N)cc12. The van der Waals surface area contributed by atoms with E-state index in [1.54, 1.807) is 18.3 Å². The number of nitriles is 1. The molecular formula is C10H7N3O. The molecule has 2 aromatic heterocycles. The van der Waals surface area contributed by atoms with Gasteiger partial charge in [-0.25, -0.2) is 0 Å². The molecule has 0 aliphatic heterocycles. The molecule has 4 nitrogen and oxygen atoms in total. The lowest BCUT2D eigenvalue weighted by Crippen LogP contribution is -2.09. The highest BCUT2D eigenvalue weighted by atomic mass is 16.1. The molecule has 2 rings (SSSR count). The number of aryl methyl sites for hydroxylation is 1. The minimum Gasteiger partial charge on any atom is -0.321 e. The molecule has 0 amide bonds. The molecule has 1 N–H and O–H groups in total. The van der Waals surface area contributed by atoms with Crippen molar-refractivity contribution in [1.82, 2.24) is 9.97 Å². The molecule has 0 unspecified atom stereocenters. The monoisotopic (exact) mass is 185 g/mol. The summed E-state index contributed by atoms with van der Waals surface area (Å²) in [4.78, 5) is 18.0. The normalized spacial score (nSPS) is 10.0. The minimum absolute atomic E-state index is 0.119. The van der Waals surface area contributed by atoms with Crippen molar-refractivity contribution in [3.8, 4) is 6.07 Å². The number of nitrogens with one attached hydrogen (secondary N) is 1. The topological polar surface area (TPSA) is 69.5 Å². The molecule has 0 saturated carbocycles. The van der Waals surface area contributed by atoms with E-state index in [4.69, 9.17) is 5.26 Å². The minimum atomic E-state index is -0.356. The van der Waals surface area contributed by atoms with E-state index in [-0.39, 0.29) is 11.1 Å². The van der Waals surface area contributed by atoms with Gasteiger partial charge >= 0.3 is 0 Å². The standard InChI is InChI=1S/C10H7N3O/c1-6-8-4-7(5-11)10(14)13-9(8)2-3-12-6/h2-4H,1H3,(H,13,14). The number of pyridine rings is 2. The predicted octanol–water partition coefficient (Wildman–Crippen LogP) is 1.10. The quantitative estimate of drug-likeness (QED) is 0.668. The zero-order chi connectivity index (χ0) is 10.1. The summed E-state index contributed by atoms with van der Waals surface area (Å²) >= 11 is 0. The van der Waals surface area contributed by atoms with Gasteiger partial charge in [0, 0.05) is 17.3 Å². The van der Waals surface area contributed by atoms with Gasteiger partial charge in [-0.3, -0.25) is 9.78 Å². The van der Waals surface area contributed by atoms with E-state index in [0.717, 1.165) is 11.1 Å². The number of H-pyrrole nitrogens is 1. The maximum absolute atomic E-state index is 11.3. The molecule has 0 spiro atoms. The van der Waals surface area contributed by atoms with Crippen LogP contribution in [0.3, 0.4) is 0 Å². The lowest BCUT2D eigenvalue weighted by Gasteiger charge is -2.00. The largest absolute Gasteiger partial charge is 0.321 e. The summed E-state index contributed by atoms with van der Waals surface area (Å²) in [6.45, 7) is 1.84. The third-order valence-corrected chi connectivity index (χ3v) is 2.09. The van der Waals surface area contributed by atoms with Crippen LogP contribution in [0.15, 0.2) is 23.1 Å². The fourth-order valence-corrected chi connectivity index (χ4v) is 1.35. The molecule has 0 bridgehead atoms. The highest BCUT2D eigenvalue weighted by Gasteiger charge is 2.03. The smallest absolute Gasteiger partial charge is 0.266 e. The van der Waals surface area contributed by atoms with Crippen LogP contribution in [0.1, 0.15) is 11.3 Å². The van der Waals surface area contributed by atoms with Crippen LogP contribution < -0.4 is 5.56 Å². The van der Waals surface area contributed by atoms with Crippen molar-refractivity contribution in [3.05, 3.63) is 39.9 Å². The molecule has 68 valence electrons. The van der Waals surface area contributed by atoms with Gasteiger partial charge < -0.3 is 4.98 Å². The van der Waals surface area contributed by atoms with E-state index in [1.165, 1.54) is 0 Å². The van der Waals surface area contributed by atoms with E-state index in [9.17, 15) is 4.79 Å². The van der Waals surface area contributed by atoms with Gasteiger partial charge in [-0.2, -0.15) is 5.26 Å². The van der Waals surface area contributed by atoms with Crippen molar-refractivity contribution in [2.24, 2.45) is 0 Å². The molecule has 0 saturated heterocycles. The Morgan fingerprint density at radius 3 is 3.07 bits per heavy atom. The Morgan fingerprint density at radius 2 is 2.36 bits per heavy atom. The van der Waals surface area contributed by atoms with Crippen molar-refractivity contribution < 1.29 is 0 Å². The van der Waals surface area contributed by atoms with Crippen LogP contribution in [0.2, 0.25) is 0 Å². The fraction of sp³-hybridized carbons (Fsp3) is 0.100. The van der Waals surface area contributed by atoms with Gasteiger partial charge in [0.2, 0.25) is 0 Å². The maximum Gasteiger partial charge on any atom is 0.266 e. The van der Waals surface area contributed by atoms with Crippen LogP contribution in [0, 0.1) is 18.3 Å². The third kappa shape index (κ3) is 1.15. The van der Waals surface area contributed by atoms with E-state index in [1.807, 2.05) is 13.0 Å². The van der Waals surface area contributed by atoms with Gasteiger partial charge in [0.15, 0.2) is 0 Å². The number of fused-ring (bicyclic) bond motifs is 1. The summed E-state index contributed by atoms with van der Waals surface area (Å²) in [6, 6.07) is 5.12. The molecule has 0 radical (unpaired) electrons.